The molecule has 98 valence electrons. The van der Waals surface area contributed by atoms with Crippen molar-refractivity contribution in [3.63, 3.8) is 0 Å². The molecule has 0 N–H and O–H groups in total. The normalized spacial score (nSPS) is 27.8. The fraction of sp³-hybridized carbons (Fsp3) is 0.846. The summed E-state index contributed by atoms with van der Waals surface area (Å²) in [5.74, 6) is 0.761. The molecule has 0 amide bonds. The van der Waals surface area contributed by atoms with Crippen molar-refractivity contribution in [2.45, 2.75) is 27.2 Å². The van der Waals surface area contributed by atoms with E-state index in [-0.39, 0.29) is 5.41 Å². The summed E-state index contributed by atoms with van der Waals surface area (Å²) in [6.45, 7) is 10.6. The molecule has 0 aromatic carbocycles. The summed E-state index contributed by atoms with van der Waals surface area (Å²) in [6, 6.07) is 0. The topological polar surface area (TPSA) is 34.1 Å². The highest BCUT2D eigenvalue weighted by molar-refractivity contribution is 7.91. The van der Waals surface area contributed by atoms with Gasteiger partial charge in [0.1, 0.15) is 0 Å². The predicted octanol–water partition coefficient (Wildman–Crippen LogP) is 1.61. The van der Waals surface area contributed by atoms with Crippen molar-refractivity contribution in [3.8, 4) is 0 Å². The molecule has 0 bridgehead atoms. The average Bonchev–Trinajstić information content (AvgIpc) is 2.23. The van der Waals surface area contributed by atoms with E-state index in [0.29, 0.717) is 11.5 Å². The Balaban J connectivity index is 2.07. The maximum Gasteiger partial charge on any atom is 0.161 e. The zero-order chi connectivity index (χ0) is 12.7. The molecule has 0 aliphatic carbocycles. The molecule has 2 heterocycles. The highest BCUT2D eigenvalue weighted by Gasteiger charge is 2.38. The van der Waals surface area contributed by atoms with E-state index in [2.05, 4.69) is 26.8 Å². The molecule has 0 atom stereocenters. The van der Waals surface area contributed by atoms with Crippen LogP contribution in [0.1, 0.15) is 27.2 Å². The zero-order valence-corrected chi connectivity index (χ0v) is 12.0. The molecule has 0 unspecified atom stereocenters. The van der Waals surface area contributed by atoms with E-state index < -0.39 is 9.84 Å². The van der Waals surface area contributed by atoms with E-state index >= 15 is 0 Å². The van der Waals surface area contributed by atoms with E-state index in [9.17, 15) is 8.42 Å². The largest absolute Gasteiger partial charge is 0.318 e. The summed E-state index contributed by atoms with van der Waals surface area (Å²) in [6.07, 6.45) is 3.49. The van der Waals surface area contributed by atoms with Gasteiger partial charge < -0.3 is 4.48 Å². The van der Waals surface area contributed by atoms with Gasteiger partial charge in [-0.15, -0.1) is 0 Å². The minimum absolute atomic E-state index is 0.270. The molecule has 0 aromatic rings. The fourth-order valence-electron chi connectivity index (χ4n) is 2.82. The third-order valence-corrected chi connectivity index (χ3v) is 5.91. The zero-order valence-electron chi connectivity index (χ0n) is 11.2. The molecule has 17 heavy (non-hydrogen) atoms. The maximum atomic E-state index is 11.5. The summed E-state index contributed by atoms with van der Waals surface area (Å²) < 4.78 is 23.9. The lowest BCUT2D eigenvalue weighted by atomic mass is 9.82. The van der Waals surface area contributed by atoms with E-state index in [1.165, 1.54) is 5.57 Å². The Morgan fingerprint density at radius 2 is 1.71 bits per heavy atom. The highest BCUT2D eigenvalue weighted by Crippen LogP contribution is 2.33. The van der Waals surface area contributed by atoms with Crippen LogP contribution in [0.4, 0.5) is 0 Å². The molecular weight excluding hydrogens is 234 g/mol. The molecule has 0 aromatic heterocycles. The summed E-state index contributed by atoms with van der Waals surface area (Å²) in [7, 11) is -2.74. The second-order valence-electron chi connectivity index (χ2n) is 6.58. The molecule has 2 rings (SSSR count). The molecule has 0 saturated carbocycles. The first-order valence-electron chi connectivity index (χ1n) is 6.48. The molecule has 1 saturated heterocycles. The van der Waals surface area contributed by atoms with E-state index in [0.717, 1.165) is 37.1 Å². The lowest BCUT2D eigenvalue weighted by molar-refractivity contribution is -0.921. The molecule has 2 aliphatic heterocycles. The van der Waals surface area contributed by atoms with Gasteiger partial charge in [-0.1, -0.05) is 26.3 Å². The molecule has 4 heteroatoms. The second kappa shape index (κ2) is 4.09. The van der Waals surface area contributed by atoms with Crippen molar-refractivity contribution >= 4 is 9.84 Å². The number of hydrogen-bond donors (Lipinski definition) is 0. The van der Waals surface area contributed by atoms with Crippen LogP contribution >= 0.6 is 0 Å². The Kier molecular flexibility index (Phi) is 3.15. The fourth-order valence-corrected chi connectivity index (χ4v) is 4.36. The van der Waals surface area contributed by atoms with Crippen molar-refractivity contribution in [2.75, 3.05) is 37.7 Å². The van der Waals surface area contributed by atoms with Gasteiger partial charge in [-0.2, -0.15) is 0 Å². The molecule has 1 spiro atoms. The Morgan fingerprint density at radius 1 is 1.12 bits per heavy atom. The van der Waals surface area contributed by atoms with Gasteiger partial charge in [-0.3, -0.25) is 0 Å². The quantitative estimate of drug-likeness (QED) is 0.488. The number of nitrogens with zero attached hydrogens (tertiary/aromatic N) is 1. The highest BCUT2D eigenvalue weighted by atomic mass is 32.2. The van der Waals surface area contributed by atoms with E-state index in [1.807, 2.05) is 0 Å². The summed E-state index contributed by atoms with van der Waals surface area (Å²) in [5.41, 5.74) is 1.81. The smallest absolute Gasteiger partial charge is 0.161 e. The first kappa shape index (κ1) is 13.1. The Labute approximate surface area is 105 Å². The van der Waals surface area contributed by atoms with Crippen LogP contribution < -0.4 is 0 Å². The Hall–Kier alpha value is -0.350. The van der Waals surface area contributed by atoms with Crippen LogP contribution in [-0.4, -0.2) is 50.6 Å². The third-order valence-electron chi connectivity index (χ3n) is 4.30. The SMILES string of the molecule is CC(C)(C)C1=CC[N+]2(CC1)CCS(=O)(=O)CC2. The van der Waals surface area contributed by atoms with Crippen molar-refractivity contribution in [1.29, 1.82) is 0 Å². The van der Waals surface area contributed by atoms with E-state index in [1.54, 1.807) is 0 Å². The Bertz CT molecular complexity index is 415. The van der Waals surface area contributed by atoms with Crippen molar-refractivity contribution < 1.29 is 12.9 Å². The van der Waals surface area contributed by atoms with Crippen LogP contribution in [0.2, 0.25) is 0 Å². The van der Waals surface area contributed by atoms with Gasteiger partial charge in [-0.25, -0.2) is 8.42 Å². The van der Waals surface area contributed by atoms with Crippen LogP contribution in [-0.2, 0) is 9.84 Å². The lowest BCUT2D eigenvalue weighted by Crippen LogP contribution is -2.58. The van der Waals surface area contributed by atoms with Crippen molar-refractivity contribution in [3.05, 3.63) is 11.6 Å². The first-order valence-corrected chi connectivity index (χ1v) is 8.30. The standard InChI is InChI=1S/C13H24NO2S/c1-13(2,3)12-4-6-14(7-5-12)8-10-17(15,16)11-9-14/h4H,5-11H2,1-3H3/q+1. The van der Waals surface area contributed by atoms with Gasteiger partial charge in [0.2, 0.25) is 0 Å². The van der Waals surface area contributed by atoms with Gasteiger partial charge in [-0.05, 0) is 11.5 Å². The second-order valence-corrected chi connectivity index (χ2v) is 8.88. The van der Waals surface area contributed by atoms with Gasteiger partial charge >= 0.3 is 0 Å². The number of rotatable bonds is 0. The molecular formula is C13H24NO2S+. The summed E-state index contributed by atoms with van der Waals surface area (Å²) in [5, 5.41) is 0. The van der Waals surface area contributed by atoms with Crippen LogP contribution in [0.15, 0.2) is 11.6 Å². The van der Waals surface area contributed by atoms with Crippen LogP contribution in [0.5, 0.6) is 0 Å². The number of hydrogen-bond acceptors (Lipinski definition) is 2. The third kappa shape index (κ3) is 2.91. The monoisotopic (exact) mass is 258 g/mol. The molecule has 1 fully saturated rings. The van der Waals surface area contributed by atoms with Gasteiger partial charge in [0.05, 0.1) is 37.7 Å². The van der Waals surface area contributed by atoms with Crippen molar-refractivity contribution in [2.24, 2.45) is 5.41 Å². The molecule has 3 nitrogen and oxygen atoms in total. The average molecular weight is 258 g/mol. The number of sulfone groups is 1. The predicted molar refractivity (Wildman–Crippen MR) is 70.5 cm³/mol. The number of quaternary nitrogens is 1. The van der Waals surface area contributed by atoms with E-state index in [4.69, 9.17) is 0 Å². The molecule has 0 radical (unpaired) electrons. The van der Waals surface area contributed by atoms with Crippen LogP contribution in [0.3, 0.4) is 0 Å². The minimum atomic E-state index is -2.74. The lowest BCUT2D eigenvalue weighted by Gasteiger charge is -2.44. The summed E-state index contributed by atoms with van der Waals surface area (Å²) >= 11 is 0. The summed E-state index contributed by atoms with van der Waals surface area (Å²) in [4.78, 5) is 0. The first-order chi connectivity index (χ1) is 7.73. The van der Waals surface area contributed by atoms with Gasteiger partial charge in [0.15, 0.2) is 9.84 Å². The van der Waals surface area contributed by atoms with Gasteiger partial charge in [0.25, 0.3) is 0 Å². The maximum absolute atomic E-state index is 11.5. The van der Waals surface area contributed by atoms with Crippen LogP contribution in [0.25, 0.3) is 0 Å². The van der Waals surface area contributed by atoms with Crippen LogP contribution in [0, 0.1) is 5.41 Å². The minimum Gasteiger partial charge on any atom is -0.318 e. The molecule has 2 aliphatic rings. The Morgan fingerprint density at radius 3 is 2.12 bits per heavy atom. The van der Waals surface area contributed by atoms with Gasteiger partial charge in [0, 0.05) is 6.42 Å². The van der Waals surface area contributed by atoms with Crippen molar-refractivity contribution in [1.82, 2.24) is 0 Å².